The molecule has 2 aromatic rings. The van der Waals surface area contributed by atoms with E-state index in [-0.39, 0.29) is 22.7 Å². The molecule has 0 amide bonds. The van der Waals surface area contributed by atoms with Crippen LogP contribution >= 0.6 is 0 Å². The van der Waals surface area contributed by atoms with Gasteiger partial charge in [-0.15, -0.1) is 0 Å². The summed E-state index contributed by atoms with van der Waals surface area (Å²) in [4.78, 5) is 20.1. The molecule has 3 N–H and O–H groups in total. The fraction of sp³-hybridized carbons (Fsp3) is 0.312. The average molecular weight is 313 g/mol. The molecule has 0 spiro atoms. The number of H-pyrrole nitrogens is 1. The lowest BCUT2D eigenvalue weighted by molar-refractivity contribution is -0.904. The van der Waals surface area contributed by atoms with Crippen LogP contribution < -0.4 is 10.5 Å². The molecule has 1 saturated heterocycles. The third-order valence-corrected chi connectivity index (χ3v) is 3.87. The van der Waals surface area contributed by atoms with Crippen LogP contribution in [0.1, 0.15) is 5.82 Å². The van der Waals surface area contributed by atoms with Crippen LogP contribution in [0.5, 0.6) is 0 Å². The number of ether oxygens (including phenoxy) is 1. The van der Waals surface area contributed by atoms with Crippen molar-refractivity contribution in [2.24, 2.45) is 0 Å². The maximum atomic E-state index is 12.1. The van der Waals surface area contributed by atoms with Crippen LogP contribution in [-0.2, 0) is 4.74 Å². The third-order valence-electron chi connectivity index (χ3n) is 3.87. The minimum absolute atomic E-state index is 0.00634. The maximum Gasteiger partial charge on any atom is 0.259 e. The Bertz CT molecular complexity index is 844. The largest absolute Gasteiger partial charge is 0.506 e. The van der Waals surface area contributed by atoms with Gasteiger partial charge in [0.25, 0.3) is 5.56 Å². The number of morpholine rings is 1. The SMILES string of the molecule is N#CC(=C(O)C[NH+]1CCOCC1)c1nc2ccccc2c(=O)[nH]1. The number of quaternary nitrogens is 1. The van der Waals surface area contributed by atoms with Gasteiger partial charge in [0.15, 0.2) is 11.6 Å². The zero-order valence-electron chi connectivity index (χ0n) is 12.5. The number of aromatic amines is 1. The number of aliphatic hydroxyl groups is 1. The molecule has 23 heavy (non-hydrogen) atoms. The number of nitriles is 1. The van der Waals surface area contributed by atoms with E-state index in [1.807, 2.05) is 6.07 Å². The zero-order chi connectivity index (χ0) is 16.2. The zero-order valence-corrected chi connectivity index (χ0v) is 12.5. The van der Waals surface area contributed by atoms with Gasteiger partial charge < -0.3 is 19.7 Å². The predicted octanol–water partition coefficient (Wildman–Crippen LogP) is -0.369. The first-order valence-electron chi connectivity index (χ1n) is 7.42. The first kappa shape index (κ1) is 15.2. The lowest BCUT2D eigenvalue weighted by atomic mass is 10.2. The number of hydrogen-bond donors (Lipinski definition) is 3. The second kappa shape index (κ2) is 6.60. The van der Waals surface area contributed by atoms with Crippen LogP contribution in [0.15, 0.2) is 34.8 Å². The average Bonchev–Trinajstić information content (AvgIpc) is 2.56. The number of aliphatic hydroxyl groups excluding tert-OH is 1. The van der Waals surface area contributed by atoms with E-state index in [1.165, 1.54) is 0 Å². The van der Waals surface area contributed by atoms with Crippen LogP contribution in [-0.4, -0.2) is 47.9 Å². The number of fused-ring (bicyclic) bond motifs is 1. The van der Waals surface area contributed by atoms with Gasteiger partial charge in [0.2, 0.25) is 0 Å². The van der Waals surface area contributed by atoms with Crippen LogP contribution in [0.25, 0.3) is 16.5 Å². The number of benzene rings is 1. The molecule has 3 rings (SSSR count). The number of allylic oxidation sites excluding steroid dienone is 1. The van der Waals surface area contributed by atoms with Gasteiger partial charge in [-0.25, -0.2) is 4.98 Å². The molecule has 0 saturated carbocycles. The topological polar surface area (TPSA) is 103 Å². The summed E-state index contributed by atoms with van der Waals surface area (Å²) in [5, 5.41) is 20.1. The van der Waals surface area contributed by atoms with E-state index < -0.39 is 0 Å². The second-order valence-electron chi connectivity index (χ2n) is 5.40. The molecule has 2 heterocycles. The van der Waals surface area contributed by atoms with Crippen molar-refractivity contribution in [3.8, 4) is 6.07 Å². The molecule has 7 heteroatoms. The van der Waals surface area contributed by atoms with Crippen LogP contribution in [0, 0.1) is 11.3 Å². The molecule has 0 aliphatic carbocycles. The molecule has 0 unspecified atom stereocenters. The Morgan fingerprint density at radius 3 is 2.87 bits per heavy atom. The molecule has 1 aliphatic heterocycles. The minimum Gasteiger partial charge on any atom is -0.506 e. The first-order chi connectivity index (χ1) is 11.2. The molecule has 118 valence electrons. The van der Waals surface area contributed by atoms with E-state index in [0.29, 0.717) is 30.7 Å². The Balaban J connectivity index is 1.98. The smallest absolute Gasteiger partial charge is 0.259 e. The van der Waals surface area contributed by atoms with Gasteiger partial charge in [0, 0.05) is 0 Å². The highest BCUT2D eigenvalue weighted by atomic mass is 16.5. The molecule has 1 aromatic heterocycles. The summed E-state index contributed by atoms with van der Waals surface area (Å²) >= 11 is 0. The third kappa shape index (κ3) is 3.23. The van der Waals surface area contributed by atoms with Crippen LogP contribution in [0.2, 0.25) is 0 Å². The van der Waals surface area contributed by atoms with Crippen molar-refractivity contribution in [1.82, 2.24) is 9.97 Å². The summed E-state index contributed by atoms with van der Waals surface area (Å²) in [5.41, 5.74) is 0.169. The van der Waals surface area contributed by atoms with Gasteiger partial charge in [-0.3, -0.25) is 4.79 Å². The summed E-state index contributed by atoms with van der Waals surface area (Å²) in [6.07, 6.45) is 0. The van der Waals surface area contributed by atoms with Crippen molar-refractivity contribution in [2.45, 2.75) is 0 Å². The molecule has 7 nitrogen and oxygen atoms in total. The van der Waals surface area contributed by atoms with Gasteiger partial charge in [-0.2, -0.15) is 5.26 Å². The fourth-order valence-corrected chi connectivity index (χ4v) is 2.62. The summed E-state index contributed by atoms with van der Waals surface area (Å²) < 4.78 is 5.27. The van der Waals surface area contributed by atoms with E-state index in [0.717, 1.165) is 18.0 Å². The highest BCUT2D eigenvalue weighted by Crippen LogP contribution is 2.14. The Morgan fingerprint density at radius 1 is 1.39 bits per heavy atom. The highest BCUT2D eigenvalue weighted by Gasteiger charge is 2.20. The molecular weight excluding hydrogens is 296 g/mol. The van der Waals surface area contributed by atoms with Gasteiger partial charge in [-0.05, 0) is 12.1 Å². The van der Waals surface area contributed by atoms with E-state index in [9.17, 15) is 15.2 Å². The standard InChI is InChI=1S/C16H16N4O3/c17-9-12(14(21)10-20-5-7-23-8-6-20)15-18-13-4-2-1-3-11(13)16(22)19-15/h1-4,21H,5-8,10H2,(H,18,19,22)/p+1. The monoisotopic (exact) mass is 313 g/mol. The van der Waals surface area contributed by atoms with Crippen LogP contribution in [0.4, 0.5) is 0 Å². The van der Waals surface area contributed by atoms with Gasteiger partial charge >= 0.3 is 0 Å². The van der Waals surface area contributed by atoms with E-state index >= 15 is 0 Å². The predicted molar refractivity (Wildman–Crippen MR) is 83.9 cm³/mol. The normalized spacial score (nSPS) is 16.8. The lowest BCUT2D eigenvalue weighted by Crippen LogP contribution is -3.14. The lowest BCUT2D eigenvalue weighted by Gasteiger charge is -2.23. The number of aromatic nitrogens is 2. The Morgan fingerprint density at radius 2 is 2.13 bits per heavy atom. The molecule has 0 atom stereocenters. The second-order valence-corrected chi connectivity index (χ2v) is 5.40. The first-order valence-corrected chi connectivity index (χ1v) is 7.42. The Labute approximate surface area is 132 Å². The van der Waals surface area contributed by atoms with Crippen molar-refractivity contribution in [1.29, 1.82) is 5.26 Å². The van der Waals surface area contributed by atoms with Crippen molar-refractivity contribution in [3.63, 3.8) is 0 Å². The summed E-state index contributed by atoms with van der Waals surface area (Å²) in [6, 6.07) is 8.84. The van der Waals surface area contributed by atoms with Gasteiger partial charge in [-0.1, -0.05) is 12.1 Å². The van der Waals surface area contributed by atoms with Gasteiger partial charge in [0.05, 0.1) is 24.1 Å². The summed E-state index contributed by atoms with van der Waals surface area (Å²) in [6.45, 7) is 3.11. The van der Waals surface area contributed by atoms with Crippen molar-refractivity contribution >= 4 is 16.5 Å². The molecule has 1 aliphatic rings. The number of nitrogens with one attached hydrogen (secondary N) is 2. The molecule has 0 bridgehead atoms. The number of hydrogen-bond acceptors (Lipinski definition) is 5. The summed E-state index contributed by atoms with van der Waals surface area (Å²) in [7, 11) is 0. The van der Waals surface area contributed by atoms with E-state index in [1.54, 1.807) is 24.3 Å². The van der Waals surface area contributed by atoms with E-state index in [2.05, 4.69) is 9.97 Å². The quantitative estimate of drug-likeness (QED) is 0.530. The fourth-order valence-electron chi connectivity index (χ4n) is 2.62. The van der Waals surface area contributed by atoms with Gasteiger partial charge in [0.1, 0.15) is 31.3 Å². The van der Waals surface area contributed by atoms with Crippen molar-refractivity contribution in [2.75, 3.05) is 32.8 Å². The number of para-hydroxylation sites is 1. The Hall–Kier alpha value is -2.69. The Kier molecular flexibility index (Phi) is 4.37. The number of rotatable bonds is 3. The molecule has 1 aromatic carbocycles. The molecule has 1 fully saturated rings. The van der Waals surface area contributed by atoms with E-state index in [4.69, 9.17) is 4.74 Å². The molecular formula is C16H17N4O3+. The molecule has 0 radical (unpaired) electrons. The van der Waals surface area contributed by atoms with Crippen molar-refractivity contribution < 1.29 is 14.7 Å². The number of nitrogens with zero attached hydrogens (tertiary/aromatic N) is 2. The maximum absolute atomic E-state index is 12.1. The summed E-state index contributed by atoms with van der Waals surface area (Å²) in [5.74, 6) is 0.0317. The van der Waals surface area contributed by atoms with Crippen molar-refractivity contribution in [3.05, 3.63) is 46.2 Å². The van der Waals surface area contributed by atoms with Crippen LogP contribution in [0.3, 0.4) is 0 Å². The highest BCUT2D eigenvalue weighted by molar-refractivity contribution is 5.81. The minimum atomic E-state index is -0.329.